The average molecular weight is 500 g/mol. The minimum atomic E-state index is -1.01. The van der Waals surface area contributed by atoms with Gasteiger partial charge in [0, 0.05) is 11.3 Å². The van der Waals surface area contributed by atoms with Gasteiger partial charge in [0.1, 0.15) is 18.2 Å². The molecule has 35 heavy (non-hydrogen) atoms. The Morgan fingerprint density at radius 1 is 1.37 bits per heavy atom. The number of hydrogen-bond acceptors (Lipinski definition) is 7. The molecule has 3 saturated heterocycles. The second-order valence-corrected chi connectivity index (χ2v) is 11.8. The van der Waals surface area contributed by atoms with Crippen molar-refractivity contribution in [1.29, 1.82) is 0 Å². The first-order valence-corrected chi connectivity index (χ1v) is 12.5. The average Bonchev–Trinajstić information content (AvgIpc) is 3.53. The molecule has 3 aliphatic heterocycles. The van der Waals surface area contributed by atoms with Crippen molar-refractivity contribution in [1.82, 2.24) is 24.8 Å². The molecule has 2 N–H and O–H groups in total. The normalized spacial score (nSPS) is 32.1. The van der Waals surface area contributed by atoms with Crippen LogP contribution < -0.4 is 0 Å². The minimum absolute atomic E-state index is 0.0996. The van der Waals surface area contributed by atoms with Crippen LogP contribution in [-0.4, -0.2) is 87.5 Å². The molecule has 3 aliphatic rings. The summed E-state index contributed by atoms with van der Waals surface area (Å²) in [5.74, 6) is -3.38. The van der Waals surface area contributed by atoms with Crippen molar-refractivity contribution in [2.24, 2.45) is 11.8 Å². The van der Waals surface area contributed by atoms with Gasteiger partial charge in [0.2, 0.25) is 11.8 Å². The van der Waals surface area contributed by atoms with E-state index in [1.165, 1.54) is 16.7 Å². The number of rotatable bonds is 8. The van der Waals surface area contributed by atoms with Crippen LogP contribution >= 0.6 is 11.8 Å². The van der Waals surface area contributed by atoms with Crippen LogP contribution in [0.3, 0.4) is 0 Å². The Labute approximate surface area is 206 Å². The van der Waals surface area contributed by atoms with Gasteiger partial charge in [-0.25, -0.2) is 4.68 Å². The number of aromatic nitrogens is 3. The fraction of sp³-hybridized carbons (Fsp3) is 0.542. The topological polar surface area (TPSA) is 129 Å². The van der Waals surface area contributed by atoms with Gasteiger partial charge in [-0.15, -0.1) is 23.4 Å². The molecule has 3 fully saturated rings. The predicted molar refractivity (Wildman–Crippen MR) is 129 cm³/mol. The molecular weight excluding hydrogens is 470 g/mol. The Morgan fingerprint density at radius 3 is 2.80 bits per heavy atom. The largest absolute Gasteiger partial charge is 0.481 e. The van der Waals surface area contributed by atoms with E-state index in [-0.39, 0.29) is 31.6 Å². The Hall–Kier alpha value is -2.92. The first kappa shape index (κ1) is 23.8. The fourth-order valence-electron chi connectivity index (χ4n) is 6.31. The van der Waals surface area contributed by atoms with Crippen molar-refractivity contribution >= 4 is 40.6 Å². The second-order valence-electron chi connectivity index (χ2n) is 9.91. The fourth-order valence-corrected chi connectivity index (χ4v) is 8.64. The number of likely N-dealkylation sites (tertiary alicyclic amines) is 1. The molecule has 6 atom stereocenters. The number of nitrogens with zero attached hydrogens (tertiary/aromatic N) is 5. The van der Waals surface area contributed by atoms with Gasteiger partial charge in [-0.2, -0.15) is 0 Å². The lowest BCUT2D eigenvalue weighted by atomic mass is 9.66. The van der Waals surface area contributed by atoms with E-state index in [2.05, 4.69) is 16.9 Å². The molecule has 2 bridgehead atoms. The molecule has 0 radical (unpaired) electrons. The Balaban J connectivity index is 1.56. The van der Waals surface area contributed by atoms with Crippen LogP contribution in [0.15, 0.2) is 36.9 Å². The molecule has 2 aromatic rings. The lowest BCUT2D eigenvalue weighted by molar-refractivity contribution is -0.151. The lowest BCUT2D eigenvalue weighted by Gasteiger charge is -2.38. The van der Waals surface area contributed by atoms with Gasteiger partial charge in [-0.1, -0.05) is 23.4 Å². The molecule has 4 heterocycles. The quantitative estimate of drug-likeness (QED) is 0.521. The number of aliphatic hydroxyl groups excluding tert-OH is 1. The number of para-hydroxylation sites is 1. The highest BCUT2D eigenvalue weighted by atomic mass is 32.2. The summed E-state index contributed by atoms with van der Waals surface area (Å²) >= 11 is 1.47. The Morgan fingerprint density at radius 2 is 2.11 bits per heavy atom. The van der Waals surface area contributed by atoms with Gasteiger partial charge < -0.3 is 20.0 Å². The molecule has 2 unspecified atom stereocenters. The third-order valence-electron chi connectivity index (χ3n) is 7.84. The molecule has 2 amide bonds. The van der Waals surface area contributed by atoms with E-state index in [9.17, 15) is 24.6 Å². The van der Waals surface area contributed by atoms with Crippen molar-refractivity contribution in [3.8, 4) is 0 Å². The van der Waals surface area contributed by atoms with E-state index in [0.29, 0.717) is 18.4 Å². The minimum Gasteiger partial charge on any atom is -0.481 e. The summed E-state index contributed by atoms with van der Waals surface area (Å²) in [7, 11) is 0. The summed E-state index contributed by atoms with van der Waals surface area (Å²) in [4.78, 5) is 43.3. The number of thioether (sulfide) groups is 1. The summed E-state index contributed by atoms with van der Waals surface area (Å²) in [5, 5.41) is 28.4. The number of carboxylic acid groups (broad SMARTS) is 1. The summed E-state index contributed by atoms with van der Waals surface area (Å²) in [6.45, 7) is 7.37. The summed E-state index contributed by atoms with van der Waals surface area (Å²) in [5.41, 5.74) is 1.47. The number of carboxylic acids is 1. The number of hydrogen-bond donors (Lipinski definition) is 2. The molecule has 1 spiro atoms. The highest BCUT2D eigenvalue weighted by Gasteiger charge is 2.77. The van der Waals surface area contributed by atoms with Crippen LogP contribution in [0, 0.1) is 11.8 Å². The molecular formula is C24H29N5O5S. The first-order valence-electron chi connectivity index (χ1n) is 11.7. The Kier molecular flexibility index (Phi) is 5.67. The van der Waals surface area contributed by atoms with Gasteiger partial charge in [0.15, 0.2) is 0 Å². The second kappa shape index (κ2) is 8.34. The van der Waals surface area contributed by atoms with E-state index in [0.717, 1.165) is 5.52 Å². The zero-order valence-corrected chi connectivity index (χ0v) is 20.5. The molecule has 5 rings (SSSR count). The number of benzene rings is 1. The molecule has 0 saturated carbocycles. The predicted octanol–water partition coefficient (Wildman–Crippen LogP) is 1.35. The third kappa shape index (κ3) is 3.31. The SMILES string of the molecule is C=CCN(Cn1nnc2ccccc21)C(=O)C1N([C@H](C)CO)C(=O)[C@@H]2[C@@H](C(=O)O)[C@@]3(C)CCC12S3. The summed E-state index contributed by atoms with van der Waals surface area (Å²) in [6, 6.07) is 5.91. The van der Waals surface area contributed by atoms with Gasteiger partial charge in [0.05, 0.1) is 34.7 Å². The van der Waals surface area contributed by atoms with Gasteiger partial charge in [-0.05, 0) is 38.8 Å². The summed E-state index contributed by atoms with van der Waals surface area (Å²) < 4.78 is 0.146. The molecule has 0 aliphatic carbocycles. The van der Waals surface area contributed by atoms with E-state index in [1.807, 2.05) is 31.2 Å². The number of amides is 2. The zero-order valence-electron chi connectivity index (χ0n) is 19.7. The van der Waals surface area contributed by atoms with Gasteiger partial charge in [0.25, 0.3) is 0 Å². The number of fused-ring (bicyclic) bond motifs is 2. The monoisotopic (exact) mass is 499 g/mol. The van der Waals surface area contributed by atoms with Gasteiger partial charge >= 0.3 is 5.97 Å². The standard InChI is InChI=1S/C24H29N5O5S/c1-4-11-27(13-28-16-8-6-5-7-15(16)25-26-28)21(32)19-24-10-9-23(3,35-24)18(22(33)34)17(24)20(31)29(19)14(2)12-30/h4-8,14,17-19,30H,1,9-13H2,2-3H3,(H,33,34)/t14-,17+,18+,19?,23-,24?/m1/s1. The lowest BCUT2D eigenvalue weighted by Crippen LogP contribution is -2.57. The van der Waals surface area contributed by atoms with E-state index in [1.54, 1.807) is 22.6 Å². The van der Waals surface area contributed by atoms with Crippen molar-refractivity contribution in [2.75, 3.05) is 13.2 Å². The number of aliphatic carboxylic acids is 1. The molecule has 10 nitrogen and oxygen atoms in total. The van der Waals surface area contributed by atoms with Crippen molar-refractivity contribution in [2.45, 2.75) is 54.9 Å². The smallest absolute Gasteiger partial charge is 0.308 e. The molecule has 11 heteroatoms. The number of aliphatic hydroxyl groups is 1. The van der Waals surface area contributed by atoms with Crippen LogP contribution in [0.25, 0.3) is 11.0 Å². The van der Waals surface area contributed by atoms with Crippen molar-refractivity contribution in [3.05, 3.63) is 36.9 Å². The van der Waals surface area contributed by atoms with Crippen LogP contribution in [0.2, 0.25) is 0 Å². The summed E-state index contributed by atoms with van der Waals surface area (Å²) in [6.07, 6.45) is 2.79. The van der Waals surface area contributed by atoms with E-state index < -0.39 is 39.4 Å². The van der Waals surface area contributed by atoms with Crippen molar-refractivity contribution in [3.63, 3.8) is 0 Å². The van der Waals surface area contributed by atoms with Crippen LogP contribution in [0.1, 0.15) is 26.7 Å². The van der Waals surface area contributed by atoms with Crippen LogP contribution in [0.5, 0.6) is 0 Å². The van der Waals surface area contributed by atoms with E-state index >= 15 is 0 Å². The highest BCUT2D eigenvalue weighted by molar-refractivity contribution is 8.02. The van der Waals surface area contributed by atoms with Gasteiger partial charge in [-0.3, -0.25) is 14.4 Å². The maximum Gasteiger partial charge on any atom is 0.308 e. The van der Waals surface area contributed by atoms with Crippen LogP contribution in [0.4, 0.5) is 0 Å². The first-order chi connectivity index (χ1) is 16.7. The maximum atomic E-state index is 14.3. The number of carbonyl (C=O) groups is 3. The zero-order chi connectivity index (χ0) is 25.1. The molecule has 1 aromatic carbocycles. The third-order valence-corrected chi connectivity index (χ3v) is 9.83. The number of carbonyl (C=O) groups excluding carboxylic acids is 2. The Bertz CT molecular complexity index is 1220. The molecule has 186 valence electrons. The van der Waals surface area contributed by atoms with Crippen molar-refractivity contribution < 1.29 is 24.6 Å². The highest BCUT2D eigenvalue weighted by Crippen LogP contribution is 2.71. The van der Waals surface area contributed by atoms with Crippen LogP contribution in [-0.2, 0) is 21.1 Å². The molecule has 1 aromatic heterocycles. The maximum absolute atomic E-state index is 14.3. The van der Waals surface area contributed by atoms with E-state index in [4.69, 9.17) is 0 Å².